The molecular weight excluding hydrogens is 150 g/mol. The van der Waals surface area contributed by atoms with Crippen LogP contribution in [0.4, 0.5) is 0 Å². The maximum atomic E-state index is 5.78. The minimum atomic E-state index is -0.205. The van der Waals surface area contributed by atoms with Crippen LogP contribution in [0.5, 0.6) is 0 Å². The molecule has 0 amide bonds. The number of halogens is 1. The maximum absolute atomic E-state index is 5.78. The highest BCUT2D eigenvalue weighted by Gasteiger charge is 2.22. The van der Waals surface area contributed by atoms with Gasteiger partial charge in [-0.25, -0.2) is 0 Å². The summed E-state index contributed by atoms with van der Waals surface area (Å²) in [5.41, 5.74) is 5.57. The second kappa shape index (κ2) is 4.94. The molecule has 0 aliphatic carbocycles. The van der Waals surface area contributed by atoms with Gasteiger partial charge in [-0.1, -0.05) is 6.92 Å². The monoisotopic (exact) mass is 167 g/mol. The van der Waals surface area contributed by atoms with Crippen molar-refractivity contribution in [2.75, 3.05) is 7.11 Å². The van der Waals surface area contributed by atoms with Crippen molar-refractivity contribution in [1.29, 1.82) is 0 Å². The van der Waals surface area contributed by atoms with Crippen LogP contribution in [0.1, 0.15) is 27.2 Å². The second-order valence-electron chi connectivity index (χ2n) is 2.95. The third-order valence-electron chi connectivity index (χ3n) is 1.49. The lowest BCUT2D eigenvalue weighted by atomic mass is 9.97. The molecule has 0 fully saturated rings. The third-order valence-corrected chi connectivity index (χ3v) is 1.49. The first kappa shape index (κ1) is 12.8. The molecule has 0 spiro atoms. The van der Waals surface area contributed by atoms with Gasteiger partial charge in [0, 0.05) is 12.6 Å². The predicted molar refractivity (Wildman–Crippen MR) is 46.6 cm³/mol. The summed E-state index contributed by atoms with van der Waals surface area (Å²) in [4.78, 5) is 0. The van der Waals surface area contributed by atoms with Crippen LogP contribution in [-0.2, 0) is 4.74 Å². The normalized spacial score (nSPS) is 14.1. The molecular formula is C7H18ClNO. The van der Waals surface area contributed by atoms with E-state index in [2.05, 4.69) is 6.92 Å². The Kier molecular flexibility index (Phi) is 6.35. The van der Waals surface area contributed by atoms with Crippen LogP contribution in [0.15, 0.2) is 0 Å². The molecule has 0 aliphatic heterocycles. The number of methoxy groups -OCH3 is 1. The van der Waals surface area contributed by atoms with Gasteiger partial charge in [0.2, 0.25) is 0 Å². The van der Waals surface area contributed by atoms with Crippen molar-refractivity contribution in [2.45, 2.75) is 38.8 Å². The fourth-order valence-corrected chi connectivity index (χ4v) is 0.997. The SMILES string of the molecule is CCC(OC)C(C)(C)N.Cl. The maximum Gasteiger partial charge on any atom is 0.0742 e. The summed E-state index contributed by atoms with van der Waals surface area (Å²) < 4.78 is 5.14. The van der Waals surface area contributed by atoms with Crippen LogP contribution in [0.25, 0.3) is 0 Å². The smallest absolute Gasteiger partial charge is 0.0742 e. The van der Waals surface area contributed by atoms with Crippen LogP contribution in [-0.4, -0.2) is 18.8 Å². The van der Waals surface area contributed by atoms with Crippen LogP contribution >= 0.6 is 12.4 Å². The summed E-state index contributed by atoms with van der Waals surface area (Å²) in [7, 11) is 1.70. The van der Waals surface area contributed by atoms with Crippen LogP contribution in [0.2, 0.25) is 0 Å². The van der Waals surface area contributed by atoms with Gasteiger partial charge in [0.1, 0.15) is 0 Å². The highest BCUT2D eigenvalue weighted by atomic mass is 35.5. The summed E-state index contributed by atoms with van der Waals surface area (Å²) in [6.07, 6.45) is 1.15. The Labute approximate surface area is 69.5 Å². The van der Waals surface area contributed by atoms with Gasteiger partial charge in [-0.05, 0) is 20.3 Å². The van der Waals surface area contributed by atoms with E-state index in [1.807, 2.05) is 13.8 Å². The molecule has 0 bridgehead atoms. The van der Waals surface area contributed by atoms with E-state index < -0.39 is 0 Å². The molecule has 2 N–H and O–H groups in total. The molecule has 2 nitrogen and oxygen atoms in total. The summed E-state index contributed by atoms with van der Waals surface area (Å²) >= 11 is 0. The quantitative estimate of drug-likeness (QED) is 0.693. The fourth-order valence-electron chi connectivity index (χ4n) is 0.997. The molecule has 0 rings (SSSR count). The predicted octanol–water partition coefficient (Wildman–Crippen LogP) is 1.57. The zero-order valence-corrected chi connectivity index (χ0v) is 7.99. The van der Waals surface area contributed by atoms with Gasteiger partial charge in [-0.3, -0.25) is 0 Å². The highest BCUT2D eigenvalue weighted by Crippen LogP contribution is 2.11. The van der Waals surface area contributed by atoms with Crippen molar-refractivity contribution in [3.05, 3.63) is 0 Å². The van der Waals surface area contributed by atoms with Crippen LogP contribution in [0, 0.1) is 0 Å². The van der Waals surface area contributed by atoms with Crippen molar-refractivity contribution >= 4 is 12.4 Å². The van der Waals surface area contributed by atoms with E-state index in [0.29, 0.717) is 0 Å². The van der Waals surface area contributed by atoms with Gasteiger partial charge in [0.15, 0.2) is 0 Å². The zero-order chi connectivity index (χ0) is 7.49. The van der Waals surface area contributed by atoms with Gasteiger partial charge in [0.05, 0.1) is 6.10 Å². The highest BCUT2D eigenvalue weighted by molar-refractivity contribution is 5.85. The van der Waals surface area contributed by atoms with Gasteiger partial charge >= 0.3 is 0 Å². The molecule has 3 heteroatoms. The molecule has 64 valence electrons. The van der Waals surface area contributed by atoms with Crippen molar-refractivity contribution in [3.8, 4) is 0 Å². The molecule has 1 unspecified atom stereocenters. The minimum absolute atomic E-state index is 0. The van der Waals surface area contributed by atoms with E-state index in [4.69, 9.17) is 10.5 Å². The topological polar surface area (TPSA) is 35.2 Å². The molecule has 0 aromatic carbocycles. The first-order valence-electron chi connectivity index (χ1n) is 3.34. The average Bonchev–Trinajstić information content (AvgIpc) is 1.65. The summed E-state index contributed by atoms with van der Waals surface area (Å²) in [6, 6.07) is 0. The van der Waals surface area contributed by atoms with E-state index in [1.165, 1.54) is 0 Å². The van der Waals surface area contributed by atoms with E-state index in [1.54, 1.807) is 7.11 Å². The van der Waals surface area contributed by atoms with Crippen molar-refractivity contribution in [2.24, 2.45) is 5.73 Å². The van der Waals surface area contributed by atoms with Crippen LogP contribution in [0.3, 0.4) is 0 Å². The fraction of sp³-hybridized carbons (Fsp3) is 1.00. The van der Waals surface area contributed by atoms with Crippen molar-refractivity contribution in [1.82, 2.24) is 0 Å². The lowest BCUT2D eigenvalue weighted by Crippen LogP contribution is -2.45. The summed E-state index contributed by atoms with van der Waals surface area (Å²) in [5, 5.41) is 0. The average molecular weight is 168 g/mol. The zero-order valence-electron chi connectivity index (χ0n) is 7.18. The first-order valence-corrected chi connectivity index (χ1v) is 3.34. The number of rotatable bonds is 3. The van der Waals surface area contributed by atoms with E-state index in [-0.39, 0.29) is 24.0 Å². The van der Waals surface area contributed by atoms with E-state index in [9.17, 15) is 0 Å². The van der Waals surface area contributed by atoms with E-state index >= 15 is 0 Å². The summed E-state index contributed by atoms with van der Waals surface area (Å²) in [5.74, 6) is 0. The molecule has 0 saturated heterocycles. The molecule has 0 saturated carbocycles. The molecule has 0 aromatic heterocycles. The van der Waals surface area contributed by atoms with Gasteiger partial charge in [-0.15, -0.1) is 12.4 Å². The Morgan fingerprint density at radius 1 is 1.50 bits per heavy atom. The molecule has 10 heavy (non-hydrogen) atoms. The Balaban J connectivity index is 0. The second-order valence-corrected chi connectivity index (χ2v) is 2.95. The van der Waals surface area contributed by atoms with Crippen LogP contribution < -0.4 is 5.73 Å². The van der Waals surface area contributed by atoms with Gasteiger partial charge in [0.25, 0.3) is 0 Å². The molecule has 1 atom stereocenters. The first-order chi connectivity index (χ1) is 4.02. The lowest BCUT2D eigenvalue weighted by Gasteiger charge is -2.27. The molecule has 0 heterocycles. The number of hydrogen-bond donors (Lipinski definition) is 1. The molecule has 0 aromatic rings. The Bertz CT molecular complexity index is 76.2. The number of hydrogen-bond acceptors (Lipinski definition) is 2. The summed E-state index contributed by atoms with van der Waals surface area (Å²) in [6.45, 7) is 6.03. The Hall–Kier alpha value is 0.210. The molecule has 0 radical (unpaired) electrons. The third kappa shape index (κ3) is 4.09. The standard InChI is InChI=1S/C7H17NO.ClH/c1-5-6(9-4)7(2,3)8;/h6H,5,8H2,1-4H3;1H. The largest absolute Gasteiger partial charge is 0.380 e. The molecule has 0 aliphatic rings. The number of nitrogens with two attached hydrogens (primary N) is 1. The minimum Gasteiger partial charge on any atom is -0.380 e. The Morgan fingerprint density at radius 3 is 1.90 bits per heavy atom. The van der Waals surface area contributed by atoms with Gasteiger partial charge in [-0.2, -0.15) is 0 Å². The number of ether oxygens (including phenoxy) is 1. The van der Waals surface area contributed by atoms with Crippen molar-refractivity contribution in [3.63, 3.8) is 0 Å². The van der Waals surface area contributed by atoms with Gasteiger partial charge < -0.3 is 10.5 Å². The van der Waals surface area contributed by atoms with Crippen molar-refractivity contribution < 1.29 is 4.74 Å². The Morgan fingerprint density at radius 2 is 1.90 bits per heavy atom. The lowest BCUT2D eigenvalue weighted by molar-refractivity contribution is 0.0467. The van der Waals surface area contributed by atoms with E-state index in [0.717, 1.165) is 6.42 Å².